The van der Waals surface area contributed by atoms with Crippen LogP contribution in [-0.2, 0) is 9.84 Å². The molecule has 0 atom stereocenters. The van der Waals surface area contributed by atoms with Gasteiger partial charge in [0.2, 0.25) is 0 Å². The Morgan fingerprint density at radius 1 is 1.26 bits per heavy atom. The van der Waals surface area contributed by atoms with E-state index in [4.69, 9.17) is 0 Å². The quantitative estimate of drug-likeness (QED) is 0.922. The van der Waals surface area contributed by atoms with Crippen LogP contribution < -0.4 is 10.2 Å². The summed E-state index contributed by atoms with van der Waals surface area (Å²) in [6.45, 7) is 7.53. The molecule has 1 aliphatic heterocycles. The maximum atomic E-state index is 12.2. The van der Waals surface area contributed by atoms with Gasteiger partial charge in [-0.2, -0.15) is 0 Å². The first kappa shape index (κ1) is 14.2. The standard InChI is InChI=1S/C14H22N2O2S/c1-14(2,3)19(17,18)11-10-16-9-8-15-12-6-4-5-7-13(12)16/h4-7,15H,8-11H2,1-3H3. The summed E-state index contributed by atoms with van der Waals surface area (Å²) in [7, 11) is -3.06. The summed E-state index contributed by atoms with van der Waals surface area (Å²) < 4.78 is 23.6. The number of rotatable bonds is 3. The maximum Gasteiger partial charge on any atom is 0.156 e. The minimum atomic E-state index is -3.06. The van der Waals surface area contributed by atoms with Crippen LogP contribution in [0.3, 0.4) is 0 Å². The van der Waals surface area contributed by atoms with E-state index in [0.717, 1.165) is 24.5 Å². The number of fused-ring (bicyclic) bond motifs is 1. The summed E-state index contributed by atoms with van der Waals surface area (Å²) in [4.78, 5) is 2.15. The SMILES string of the molecule is CC(C)(C)S(=O)(=O)CCN1CCNc2ccccc21. The molecular weight excluding hydrogens is 260 g/mol. The molecule has 0 fully saturated rings. The molecule has 0 saturated heterocycles. The van der Waals surface area contributed by atoms with Crippen molar-refractivity contribution < 1.29 is 8.42 Å². The average Bonchev–Trinajstić information content (AvgIpc) is 2.35. The maximum absolute atomic E-state index is 12.2. The Balaban J connectivity index is 2.11. The molecule has 0 unspecified atom stereocenters. The molecule has 2 rings (SSSR count). The lowest BCUT2D eigenvalue weighted by Gasteiger charge is -2.32. The molecule has 0 amide bonds. The van der Waals surface area contributed by atoms with Gasteiger partial charge in [0.05, 0.1) is 21.9 Å². The van der Waals surface area contributed by atoms with E-state index in [-0.39, 0.29) is 5.75 Å². The van der Waals surface area contributed by atoms with Gasteiger partial charge in [-0.05, 0) is 32.9 Å². The van der Waals surface area contributed by atoms with Gasteiger partial charge in [0.15, 0.2) is 9.84 Å². The van der Waals surface area contributed by atoms with E-state index in [1.54, 1.807) is 20.8 Å². The lowest BCUT2D eigenvalue weighted by Crippen LogP contribution is -2.40. The summed E-state index contributed by atoms with van der Waals surface area (Å²) >= 11 is 0. The van der Waals surface area contributed by atoms with Crippen molar-refractivity contribution in [2.24, 2.45) is 0 Å². The fraction of sp³-hybridized carbons (Fsp3) is 0.571. The summed E-state index contributed by atoms with van der Waals surface area (Å²) in [6, 6.07) is 8.03. The molecule has 1 heterocycles. The second kappa shape index (κ2) is 5.04. The largest absolute Gasteiger partial charge is 0.382 e. The predicted molar refractivity (Wildman–Crippen MR) is 80.7 cm³/mol. The molecule has 5 heteroatoms. The van der Waals surface area contributed by atoms with Crippen molar-refractivity contribution in [2.45, 2.75) is 25.5 Å². The fourth-order valence-electron chi connectivity index (χ4n) is 2.11. The summed E-state index contributed by atoms with van der Waals surface area (Å²) in [6.07, 6.45) is 0. The number of nitrogens with one attached hydrogen (secondary N) is 1. The first-order valence-electron chi connectivity index (χ1n) is 6.61. The molecule has 1 aliphatic rings. The number of sulfone groups is 1. The van der Waals surface area contributed by atoms with Crippen molar-refractivity contribution in [3.8, 4) is 0 Å². The Kier molecular flexibility index (Phi) is 3.76. The highest BCUT2D eigenvalue weighted by atomic mass is 32.2. The predicted octanol–water partition coefficient (Wildman–Crippen LogP) is 2.13. The van der Waals surface area contributed by atoms with Gasteiger partial charge in [0.1, 0.15) is 0 Å². The van der Waals surface area contributed by atoms with Gasteiger partial charge in [0.25, 0.3) is 0 Å². The van der Waals surface area contributed by atoms with Crippen LogP contribution in [0.1, 0.15) is 20.8 Å². The molecule has 1 N–H and O–H groups in total. The third-order valence-electron chi connectivity index (χ3n) is 3.50. The minimum Gasteiger partial charge on any atom is -0.382 e. The highest BCUT2D eigenvalue weighted by Gasteiger charge is 2.29. The topological polar surface area (TPSA) is 49.4 Å². The van der Waals surface area contributed by atoms with E-state index in [0.29, 0.717) is 6.54 Å². The second-order valence-electron chi connectivity index (χ2n) is 5.86. The van der Waals surface area contributed by atoms with E-state index >= 15 is 0 Å². The van der Waals surface area contributed by atoms with Crippen LogP contribution >= 0.6 is 0 Å². The Labute approximate surface area is 115 Å². The lowest BCUT2D eigenvalue weighted by molar-refractivity contribution is 0.559. The number of para-hydroxylation sites is 2. The highest BCUT2D eigenvalue weighted by molar-refractivity contribution is 7.92. The van der Waals surface area contributed by atoms with Crippen molar-refractivity contribution in [3.05, 3.63) is 24.3 Å². The average molecular weight is 282 g/mol. The van der Waals surface area contributed by atoms with Gasteiger partial charge in [0, 0.05) is 19.6 Å². The Bertz CT molecular complexity index is 547. The number of hydrogen-bond acceptors (Lipinski definition) is 4. The molecule has 0 aliphatic carbocycles. The zero-order valence-electron chi connectivity index (χ0n) is 11.8. The first-order valence-corrected chi connectivity index (χ1v) is 8.27. The van der Waals surface area contributed by atoms with Crippen LogP contribution in [-0.4, -0.2) is 38.6 Å². The summed E-state index contributed by atoms with van der Waals surface area (Å²) in [5, 5.41) is 3.33. The van der Waals surface area contributed by atoms with Crippen LogP contribution in [0.4, 0.5) is 11.4 Å². The Hall–Kier alpha value is -1.23. The van der Waals surface area contributed by atoms with Gasteiger partial charge in [-0.25, -0.2) is 8.42 Å². The van der Waals surface area contributed by atoms with Crippen molar-refractivity contribution in [1.82, 2.24) is 0 Å². The molecule has 0 bridgehead atoms. The van der Waals surface area contributed by atoms with Crippen LogP contribution in [0.15, 0.2) is 24.3 Å². The van der Waals surface area contributed by atoms with Crippen molar-refractivity contribution >= 4 is 21.2 Å². The monoisotopic (exact) mass is 282 g/mol. The molecule has 1 aromatic carbocycles. The van der Waals surface area contributed by atoms with Crippen LogP contribution in [0, 0.1) is 0 Å². The normalized spacial score (nSPS) is 15.8. The van der Waals surface area contributed by atoms with Crippen LogP contribution in [0.2, 0.25) is 0 Å². The van der Waals surface area contributed by atoms with E-state index in [9.17, 15) is 8.42 Å². The van der Waals surface area contributed by atoms with Crippen molar-refractivity contribution in [1.29, 1.82) is 0 Å². The van der Waals surface area contributed by atoms with Gasteiger partial charge < -0.3 is 10.2 Å². The molecular formula is C14H22N2O2S. The summed E-state index contributed by atoms with van der Waals surface area (Å²) in [5.74, 6) is 0.199. The summed E-state index contributed by atoms with van der Waals surface area (Å²) in [5.41, 5.74) is 2.18. The van der Waals surface area contributed by atoms with Crippen LogP contribution in [0.5, 0.6) is 0 Å². The van der Waals surface area contributed by atoms with Gasteiger partial charge >= 0.3 is 0 Å². The molecule has 19 heavy (non-hydrogen) atoms. The smallest absolute Gasteiger partial charge is 0.156 e. The van der Waals surface area contributed by atoms with Gasteiger partial charge in [-0.15, -0.1) is 0 Å². The van der Waals surface area contributed by atoms with E-state index < -0.39 is 14.6 Å². The van der Waals surface area contributed by atoms with E-state index in [2.05, 4.69) is 10.2 Å². The highest BCUT2D eigenvalue weighted by Crippen LogP contribution is 2.28. The molecule has 1 aromatic rings. The van der Waals surface area contributed by atoms with Gasteiger partial charge in [-0.3, -0.25) is 0 Å². The zero-order valence-corrected chi connectivity index (χ0v) is 12.6. The third-order valence-corrected chi connectivity index (χ3v) is 6.09. The Morgan fingerprint density at radius 2 is 1.95 bits per heavy atom. The number of hydrogen-bond donors (Lipinski definition) is 1. The first-order chi connectivity index (χ1) is 8.81. The molecule has 106 valence electrons. The minimum absolute atomic E-state index is 0.199. The van der Waals surface area contributed by atoms with Crippen molar-refractivity contribution in [2.75, 3.05) is 35.6 Å². The van der Waals surface area contributed by atoms with E-state index in [1.165, 1.54) is 0 Å². The number of nitrogens with zero attached hydrogens (tertiary/aromatic N) is 1. The lowest BCUT2D eigenvalue weighted by atomic mass is 10.2. The van der Waals surface area contributed by atoms with Crippen molar-refractivity contribution in [3.63, 3.8) is 0 Å². The second-order valence-corrected chi connectivity index (χ2v) is 8.72. The molecule has 0 saturated carbocycles. The molecule has 4 nitrogen and oxygen atoms in total. The molecule has 0 radical (unpaired) electrons. The molecule has 0 spiro atoms. The Morgan fingerprint density at radius 3 is 2.63 bits per heavy atom. The van der Waals surface area contributed by atoms with E-state index in [1.807, 2.05) is 24.3 Å². The van der Waals surface area contributed by atoms with Crippen LogP contribution in [0.25, 0.3) is 0 Å². The molecule has 0 aromatic heterocycles. The third kappa shape index (κ3) is 3.03. The fourth-order valence-corrected chi connectivity index (χ4v) is 3.19. The zero-order chi connectivity index (χ0) is 14.1. The van der Waals surface area contributed by atoms with Gasteiger partial charge in [-0.1, -0.05) is 12.1 Å². The number of anilines is 2. The number of benzene rings is 1.